The van der Waals surface area contributed by atoms with Gasteiger partial charge in [0.2, 0.25) is 0 Å². The van der Waals surface area contributed by atoms with E-state index in [9.17, 15) is 13.6 Å². The Morgan fingerprint density at radius 1 is 1.19 bits per heavy atom. The van der Waals surface area contributed by atoms with Crippen LogP contribution >= 0.6 is 0 Å². The first-order valence-corrected chi connectivity index (χ1v) is 10.4. The fraction of sp³-hybridized carbons (Fsp3) is 0.333. The second kappa shape index (κ2) is 8.70. The molecule has 0 radical (unpaired) electrons. The zero-order chi connectivity index (χ0) is 22.9. The molecule has 2 aromatic heterocycles. The number of methoxy groups -OCH3 is 1. The number of ether oxygens (including phenoxy) is 2. The first-order valence-electron chi connectivity index (χ1n) is 10.4. The van der Waals surface area contributed by atoms with Crippen LogP contribution in [0.4, 0.5) is 8.78 Å². The second-order valence-electron chi connectivity index (χ2n) is 8.42. The van der Waals surface area contributed by atoms with Crippen molar-refractivity contribution in [1.82, 2.24) is 15.3 Å². The predicted octanol–water partition coefficient (Wildman–Crippen LogP) is 4.04. The molecule has 0 aliphatic carbocycles. The zero-order valence-corrected chi connectivity index (χ0v) is 18.2. The van der Waals surface area contributed by atoms with E-state index >= 15 is 0 Å². The molecule has 0 atom stereocenters. The van der Waals surface area contributed by atoms with Crippen LogP contribution in [0.5, 0.6) is 5.75 Å². The standard InChI is InChI=1S/C24H25F2N3O3/c1-24(2,31-3)13-32-20-12-27-6-4-17(20)22-18(10-14-8-15(25)11-16(26)9-14)21-19(29-22)5-7-28-23(21)30/h4,6,8-9,11-12,29H,5,7,10,13H2,1-3H3,(H,28,30). The number of carbonyl (C=O) groups excluding carboxylic acids is 1. The molecule has 1 aliphatic rings. The van der Waals surface area contributed by atoms with Crippen molar-refractivity contribution in [2.45, 2.75) is 32.3 Å². The molecule has 0 spiro atoms. The highest BCUT2D eigenvalue weighted by atomic mass is 19.1. The molecular formula is C24H25F2N3O3. The van der Waals surface area contributed by atoms with E-state index in [0.717, 1.165) is 11.8 Å². The summed E-state index contributed by atoms with van der Waals surface area (Å²) >= 11 is 0. The van der Waals surface area contributed by atoms with Crippen LogP contribution in [-0.2, 0) is 17.6 Å². The highest BCUT2D eigenvalue weighted by Gasteiger charge is 2.28. The molecule has 0 saturated heterocycles. The maximum Gasteiger partial charge on any atom is 0.253 e. The molecule has 8 heteroatoms. The fourth-order valence-electron chi connectivity index (χ4n) is 3.78. The minimum Gasteiger partial charge on any atom is -0.488 e. The fourth-order valence-corrected chi connectivity index (χ4v) is 3.78. The SMILES string of the molecule is COC(C)(C)COc1cnccc1-c1[nH]c2c(c1Cc1cc(F)cc(F)c1)C(=O)NCC2. The number of amides is 1. The largest absolute Gasteiger partial charge is 0.488 e. The van der Waals surface area contributed by atoms with Crippen LogP contribution in [0.1, 0.15) is 41.0 Å². The number of aromatic amines is 1. The summed E-state index contributed by atoms with van der Waals surface area (Å²) in [6, 6.07) is 5.17. The highest BCUT2D eigenvalue weighted by Crippen LogP contribution is 2.37. The van der Waals surface area contributed by atoms with Gasteiger partial charge in [0, 0.05) is 50.0 Å². The van der Waals surface area contributed by atoms with Gasteiger partial charge in [-0.25, -0.2) is 8.78 Å². The molecule has 32 heavy (non-hydrogen) atoms. The number of nitrogens with one attached hydrogen (secondary N) is 2. The van der Waals surface area contributed by atoms with E-state index < -0.39 is 17.2 Å². The number of halogens is 2. The minimum atomic E-state index is -0.662. The number of aromatic nitrogens is 2. The monoisotopic (exact) mass is 441 g/mol. The Hall–Kier alpha value is -3.26. The van der Waals surface area contributed by atoms with Crippen LogP contribution in [0.3, 0.4) is 0 Å². The molecule has 6 nitrogen and oxygen atoms in total. The van der Waals surface area contributed by atoms with Crippen molar-refractivity contribution in [2.24, 2.45) is 0 Å². The number of fused-ring (bicyclic) bond motifs is 1. The molecule has 4 rings (SSSR count). The summed E-state index contributed by atoms with van der Waals surface area (Å²) in [6.07, 6.45) is 4.04. The zero-order valence-electron chi connectivity index (χ0n) is 18.2. The van der Waals surface area contributed by atoms with Crippen LogP contribution in [0, 0.1) is 11.6 Å². The van der Waals surface area contributed by atoms with Crippen LogP contribution in [0.2, 0.25) is 0 Å². The summed E-state index contributed by atoms with van der Waals surface area (Å²) in [4.78, 5) is 20.3. The van der Waals surface area contributed by atoms with E-state index in [0.29, 0.717) is 46.7 Å². The van der Waals surface area contributed by atoms with E-state index in [1.54, 1.807) is 25.6 Å². The first-order chi connectivity index (χ1) is 15.3. The van der Waals surface area contributed by atoms with Gasteiger partial charge in [0.15, 0.2) is 0 Å². The normalized spacial score (nSPS) is 13.6. The molecule has 1 amide bonds. The van der Waals surface area contributed by atoms with E-state index in [-0.39, 0.29) is 18.9 Å². The molecule has 0 bridgehead atoms. The summed E-state index contributed by atoms with van der Waals surface area (Å²) in [7, 11) is 1.61. The lowest BCUT2D eigenvalue weighted by atomic mass is 9.95. The van der Waals surface area contributed by atoms with Crippen LogP contribution in [0.15, 0.2) is 36.7 Å². The molecular weight excluding hydrogens is 416 g/mol. The number of pyridine rings is 1. The van der Waals surface area contributed by atoms with Gasteiger partial charge in [-0.15, -0.1) is 0 Å². The Morgan fingerprint density at radius 2 is 1.94 bits per heavy atom. The number of hydrogen-bond donors (Lipinski definition) is 2. The topological polar surface area (TPSA) is 76.2 Å². The number of H-pyrrole nitrogens is 1. The lowest BCUT2D eigenvalue weighted by Gasteiger charge is -2.23. The predicted molar refractivity (Wildman–Crippen MR) is 116 cm³/mol. The van der Waals surface area contributed by atoms with Gasteiger partial charge in [-0.3, -0.25) is 9.78 Å². The van der Waals surface area contributed by atoms with Gasteiger partial charge in [-0.05, 0) is 43.2 Å². The van der Waals surface area contributed by atoms with Crippen LogP contribution in [0.25, 0.3) is 11.3 Å². The van der Waals surface area contributed by atoms with Gasteiger partial charge >= 0.3 is 0 Å². The Bertz CT molecular complexity index is 1140. The average Bonchev–Trinajstić information content (AvgIpc) is 3.11. The van der Waals surface area contributed by atoms with Gasteiger partial charge in [0.1, 0.15) is 24.0 Å². The highest BCUT2D eigenvalue weighted by molar-refractivity contribution is 6.00. The molecule has 0 saturated carbocycles. The lowest BCUT2D eigenvalue weighted by molar-refractivity contribution is -0.0146. The van der Waals surface area contributed by atoms with Crippen molar-refractivity contribution >= 4 is 5.91 Å². The second-order valence-corrected chi connectivity index (χ2v) is 8.42. The van der Waals surface area contributed by atoms with E-state index in [4.69, 9.17) is 9.47 Å². The lowest BCUT2D eigenvalue weighted by Crippen LogP contribution is -2.32. The average molecular weight is 441 g/mol. The number of carbonyl (C=O) groups is 1. The smallest absolute Gasteiger partial charge is 0.253 e. The van der Waals surface area contributed by atoms with Gasteiger partial charge in [0.05, 0.1) is 23.1 Å². The maximum atomic E-state index is 13.8. The molecule has 2 N–H and O–H groups in total. The van der Waals surface area contributed by atoms with Crippen molar-refractivity contribution in [3.63, 3.8) is 0 Å². The summed E-state index contributed by atoms with van der Waals surface area (Å²) in [5.74, 6) is -1.02. The molecule has 0 fully saturated rings. The summed E-state index contributed by atoms with van der Waals surface area (Å²) in [5, 5.41) is 2.85. The van der Waals surface area contributed by atoms with Crippen molar-refractivity contribution in [1.29, 1.82) is 0 Å². The van der Waals surface area contributed by atoms with Gasteiger partial charge in [0.25, 0.3) is 5.91 Å². The van der Waals surface area contributed by atoms with E-state index in [2.05, 4.69) is 15.3 Å². The van der Waals surface area contributed by atoms with Crippen molar-refractivity contribution < 1.29 is 23.0 Å². The Morgan fingerprint density at radius 3 is 2.66 bits per heavy atom. The number of hydrogen-bond acceptors (Lipinski definition) is 4. The molecule has 168 valence electrons. The minimum absolute atomic E-state index is 0.175. The molecule has 1 aliphatic heterocycles. The van der Waals surface area contributed by atoms with E-state index in [1.165, 1.54) is 12.1 Å². The summed E-state index contributed by atoms with van der Waals surface area (Å²) in [6.45, 7) is 4.62. The van der Waals surface area contributed by atoms with Crippen molar-refractivity contribution in [3.05, 3.63) is 70.7 Å². The molecule has 3 aromatic rings. The first kappa shape index (κ1) is 22.0. The van der Waals surface area contributed by atoms with Crippen molar-refractivity contribution in [3.8, 4) is 17.0 Å². The third-order valence-electron chi connectivity index (χ3n) is 5.55. The molecule has 1 aromatic carbocycles. The third-order valence-corrected chi connectivity index (χ3v) is 5.55. The molecule has 3 heterocycles. The number of rotatable bonds is 7. The number of benzene rings is 1. The van der Waals surface area contributed by atoms with E-state index in [1.807, 2.05) is 13.8 Å². The summed E-state index contributed by atoms with van der Waals surface area (Å²) in [5.41, 5.74) is 3.26. The quantitative estimate of drug-likeness (QED) is 0.580. The third kappa shape index (κ3) is 4.50. The van der Waals surface area contributed by atoms with Gasteiger partial charge < -0.3 is 19.8 Å². The van der Waals surface area contributed by atoms with Crippen LogP contribution < -0.4 is 10.1 Å². The number of nitrogens with zero attached hydrogens (tertiary/aromatic N) is 1. The Labute approximate surface area is 185 Å². The van der Waals surface area contributed by atoms with Gasteiger partial charge in [-0.2, -0.15) is 0 Å². The van der Waals surface area contributed by atoms with Crippen molar-refractivity contribution in [2.75, 3.05) is 20.3 Å². The molecule has 0 unspecified atom stereocenters. The van der Waals surface area contributed by atoms with Crippen LogP contribution in [-0.4, -0.2) is 41.7 Å². The van der Waals surface area contributed by atoms with Gasteiger partial charge in [-0.1, -0.05) is 0 Å². The Balaban J connectivity index is 1.81. The Kier molecular flexibility index (Phi) is 5.97. The summed E-state index contributed by atoms with van der Waals surface area (Å²) < 4.78 is 39.1. The maximum absolute atomic E-state index is 13.8.